The number of fused-ring (bicyclic) bond motifs is 1. The molecule has 0 bridgehead atoms. The molecule has 0 radical (unpaired) electrons. The number of rotatable bonds is 4. The molecule has 0 saturated heterocycles. The van der Waals surface area contributed by atoms with Gasteiger partial charge in [0.25, 0.3) is 0 Å². The molecule has 104 valence electrons. The highest BCUT2D eigenvalue weighted by atomic mass is 15.2. The Balaban J connectivity index is 1.85. The molecule has 20 heavy (non-hydrogen) atoms. The van der Waals surface area contributed by atoms with Gasteiger partial charge in [-0.25, -0.2) is 4.98 Å². The minimum absolute atomic E-state index is 0.211. The van der Waals surface area contributed by atoms with Crippen molar-refractivity contribution in [1.29, 1.82) is 0 Å². The molecule has 0 aliphatic carbocycles. The zero-order chi connectivity index (χ0) is 13.9. The van der Waals surface area contributed by atoms with Gasteiger partial charge in [0, 0.05) is 25.3 Å². The van der Waals surface area contributed by atoms with Gasteiger partial charge in [-0.2, -0.15) is 0 Å². The largest absolute Gasteiger partial charge is 0.348 e. The third kappa shape index (κ3) is 2.54. The molecule has 2 N–H and O–H groups in total. The predicted molar refractivity (Wildman–Crippen MR) is 82.5 cm³/mol. The quantitative estimate of drug-likeness (QED) is 0.926. The van der Waals surface area contributed by atoms with Gasteiger partial charge < -0.3 is 10.6 Å². The summed E-state index contributed by atoms with van der Waals surface area (Å²) >= 11 is 0. The van der Waals surface area contributed by atoms with Crippen molar-refractivity contribution in [1.82, 2.24) is 4.98 Å². The summed E-state index contributed by atoms with van der Waals surface area (Å²) in [7, 11) is 0. The van der Waals surface area contributed by atoms with Crippen LogP contribution in [0.15, 0.2) is 42.6 Å². The van der Waals surface area contributed by atoms with Crippen LogP contribution in [0.3, 0.4) is 0 Å². The maximum absolute atomic E-state index is 6.11. The Morgan fingerprint density at radius 1 is 1.15 bits per heavy atom. The van der Waals surface area contributed by atoms with Crippen LogP contribution in [0, 0.1) is 0 Å². The number of nitrogens with zero attached hydrogens (tertiary/aromatic N) is 2. The number of benzene rings is 1. The van der Waals surface area contributed by atoms with Gasteiger partial charge in [-0.15, -0.1) is 0 Å². The van der Waals surface area contributed by atoms with Crippen molar-refractivity contribution in [3.8, 4) is 0 Å². The van der Waals surface area contributed by atoms with E-state index in [0.717, 1.165) is 31.7 Å². The molecule has 0 amide bonds. The monoisotopic (exact) mass is 267 g/mol. The van der Waals surface area contributed by atoms with Crippen LogP contribution in [0.5, 0.6) is 0 Å². The van der Waals surface area contributed by atoms with Gasteiger partial charge in [0.2, 0.25) is 0 Å². The molecular formula is C17H21N3. The summed E-state index contributed by atoms with van der Waals surface area (Å²) in [4.78, 5) is 6.95. The fourth-order valence-electron chi connectivity index (χ4n) is 2.78. The third-order valence-corrected chi connectivity index (χ3v) is 4.01. The highest BCUT2D eigenvalue weighted by Crippen LogP contribution is 2.29. The van der Waals surface area contributed by atoms with Crippen molar-refractivity contribution < 1.29 is 0 Å². The van der Waals surface area contributed by atoms with Crippen LogP contribution in [0.4, 0.5) is 5.82 Å². The maximum atomic E-state index is 6.11. The molecule has 2 heterocycles. The van der Waals surface area contributed by atoms with Gasteiger partial charge in [0.15, 0.2) is 0 Å². The Morgan fingerprint density at radius 2 is 1.85 bits per heavy atom. The van der Waals surface area contributed by atoms with E-state index in [1.54, 1.807) is 0 Å². The molecule has 3 heteroatoms. The molecule has 1 aliphatic heterocycles. The Hall–Kier alpha value is -1.87. The summed E-state index contributed by atoms with van der Waals surface area (Å²) in [5.41, 5.74) is 10.2. The van der Waals surface area contributed by atoms with E-state index in [0.29, 0.717) is 0 Å². The van der Waals surface area contributed by atoms with Crippen LogP contribution in [-0.4, -0.2) is 11.0 Å². The van der Waals surface area contributed by atoms with Gasteiger partial charge >= 0.3 is 0 Å². The first-order valence-electron chi connectivity index (χ1n) is 7.29. The molecule has 1 atom stereocenters. The number of aromatic nitrogens is 1. The van der Waals surface area contributed by atoms with E-state index in [1.807, 2.05) is 12.3 Å². The second-order valence-corrected chi connectivity index (χ2v) is 5.48. The molecule has 3 nitrogen and oxygen atoms in total. The van der Waals surface area contributed by atoms with Crippen molar-refractivity contribution in [2.75, 3.05) is 4.90 Å². The standard InChI is InChI=1S/C17H21N3/c1-2-16(18)10-13-8-5-9-19-17(13)20-11-14-6-3-4-7-15(14)12-20/h3-9,16H,2,10-12,18H2,1H3. The lowest BCUT2D eigenvalue weighted by Gasteiger charge is -2.21. The van der Waals surface area contributed by atoms with Crippen LogP contribution < -0.4 is 10.6 Å². The number of anilines is 1. The van der Waals surface area contributed by atoms with Gasteiger partial charge in [-0.3, -0.25) is 0 Å². The Kier molecular flexibility index (Phi) is 3.70. The molecule has 0 spiro atoms. The lowest BCUT2D eigenvalue weighted by Crippen LogP contribution is -2.24. The van der Waals surface area contributed by atoms with Crippen molar-refractivity contribution in [2.24, 2.45) is 5.73 Å². The minimum atomic E-state index is 0.211. The SMILES string of the molecule is CCC(N)Cc1cccnc1N1Cc2ccccc2C1. The maximum Gasteiger partial charge on any atom is 0.132 e. The van der Waals surface area contributed by atoms with E-state index in [-0.39, 0.29) is 6.04 Å². The molecule has 1 aromatic carbocycles. The topological polar surface area (TPSA) is 42.1 Å². The molecule has 0 fully saturated rings. The van der Waals surface area contributed by atoms with E-state index in [9.17, 15) is 0 Å². The smallest absolute Gasteiger partial charge is 0.132 e. The number of nitrogens with two attached hydrogens (primary N) is 1. The molecule has 2 aromatic rings. The summed E-state index contributed by atoms with van der Waals surface area (Å²) in [5.74, 6) is 1.09. The van der Waals surface area contributed by atoms with Crippen LogP contribution in [0.1, 0.15) is 30.0 Å². The highest BCUT2D eigenvalue weighted by Gasteiger charge is 2.21. The second-order valence-electron chi connectivity index (χ2n) is 5.48. The molecule has 0 saturated carbocycles. The first kappa shape index (κ1) is 13.1. The zero-order valence-corrected chi connectivity index (χ0v) is 11.9. The lowest BCUT2D eigenvalue weighted by atomic mass is 10.1. The first-order chi connectivity index (χ1) is 9.78. The van der Waals surface area contributed by atoms with Crippen LogP contribution >= 0.6 is 0 Å². The van der Waals surface area contributed by atoms with E-state index in [1.165, 1.54) is 16.7 Å². The highest BCUT2D eigenvalue weighted by molar-refractivity contribution is 5.52. The van der Waals surface area contributed by atoms with E-state index >= 15 is 0 Å². The molecule has 1 aromatic heterocycles. The Morgan fingerprint density at radius 3 is 2.50 bits per heavy atom. The summed E-state index contributed by atoms with van der Waals surface area (Å²) in [5, 5.41) is 0. The number of hydrogen-bond donors (Lipinski definition) is 1. The summed E-state index contributed by atoms with van der Waals surface area (Å²) in [6.07, 6.45) is 3.76. The molecule has 1 unspecified atom stereocenters. The normalized spacial score (nSPS) is 15.2. The lowest BCUT2D eigenvalue weighted by molar-refractivity contribution is 0.642. The van der Waals surface area contributed by atoms with Crippen molar-refractivity contribution >= 4 is 5.82 Å². The van der Waals surface area contributed by atoms with Crippen LogP contribution in [-0.2, 0) is 19.5 Å². The fourth-order valence-corrected chi connectivity index (χ4v) is 2.78. The van der Waals surface area contributed by atoms with Crippen LogP contribution in [0.25, 0.3) is 0 Å². The van der Waals surface area contributed by atoms with Crippen molar-refractivity contribution in [2.45, 2.75) is 38.9 Å². The second kappa shape index (κ2) is 5.63. The summed E-state index contributed by atoms with van der Waals surface area (Å²) in [6.45, 7) is 4.02. The van der Waals surface area contributed by atoms with Crippen LogP contribution in [0.2, 0.25) is 0 Å². The Bertz CT molecular complexity index is 569. The zero-order valence-electron chi connectivity index (χ0n) is 11.9. The molecular weight excluding hydrogens is 246 g/mol. The number of pyridine rings is 1. The first-order valence-corrected chi connectivity index (χ1v) is 7.29. The fraction of sp³-hybridized carbons (Fsp3) is 0.353. The minimum Gasteiger partial charge on any atom is -0.348 e. The third-order valence-electron chi connectivity index (χ3n) is 4.01. The van der Waals surface area contributed by atoms with E-state index in [2.05, 4.69) is 47.1 Å². The molecule has 3 rings (SSSR count). The summed E-state index contributed by atoms with van der Waals surface area (Å²) in [6, 6.07) is 13.0. The van der Waals surface area contributed by atoms with E-state index < -0.39 is 0 Å². The van der Waals surface area contributed by atoms with Crippen molar-refractivity contribution in [3.63, 3.8) is 0 Å². The predicted octanol–water partition coefficient (Wildman–Crippen LogP) is 2.88. The average molecular weight is 267 g/mol. The summed E-state index contributed by atoms with van der Waals surface area (Å²) < 4.78 is 0. The number of hydrogen-bond acceptors (Lipinski definition) is 3. The Labute approximate surface area is 120 Å². The molecule has 1 aliphatic rings. The average Bonchev–Trinajstić information content (AvgIpc) is 2.91. The van der Waals surface area contributed by atoms with Gasteiger partial charge in [0.05, 0.1) is 0 Å². The van der Waals surface area contributed by atoms with E-state index in [4.69, 9.17) is 5.73 Å². The van der Waals surface area contributed by atoms with Crippen molar-refractivity contribution in [3.05, 3.63) is 59.3 Å². The van der Waals surface area contributed by atoms with Gasteiger partial charge in [-0.05, 0) is 35.6 Å². The van der Waals surface area contributed by atoms with Gasteiger partial charge in [0.1, 0.15) is 5.82 Å². The van der Waals surface area contributed by atoms with Gasteiger partial charge in [-0.1, -0.05) is 37.3 Å².